The van der Waals surface area contributed by atoms with E-state index in [1.54, 1.807) is 36.4 Å². The van der Waals surface area contributed by atoms with Crippen LogP contribution in [0.15, 0.2) is 72.8 Å². The zero-order chi connectivity index (χ0) is 27.4. The molecule has 0 unspecified atom stereocenters. The van der Waals surface area contributed by atoms with Crippen LogP contribution in [-0.2, 0) is 19.3 Å². The maximum Gasteiger partial charge on any atom is 0.200 e. The molecule has 4 rings (SSSR count). The van der Waals surface area contributed by atoms with E-state index >= 15 is 0 Å². The molecule has 0 bridgehead atoms. The fraction of sp³-hybridized carbons (Fsp3) is 0.200. The molecule has 38 heavy (non-hydrogen) atoms. The van der Waals surface area contributed by atoms with Crippen molar-refractivity contribution >= 4 is 0 Å². The highest BCUT2D eigenvalue weighted by atomic mass is 16.3. The average Bonchev–Trinajstić information content (AvgIpc) is 2.87. The summed E-state index contributed by atoms with van der Waals surface area (Å²) in [6, 6.07) is 19.2. The number of hydrogen-bond donors (Lipinski definition) is 8. The second kappa shape index (κ2) is 11.1. The predicted octanol–water partition coefficient (Wildman–Crippen LogP) is 5.15. The van der Waals surface area contributed by atoms with Crippen LogP contribution in [0.1, 0.15) is 34.6 Å². The van der Waals surface area contributed by atoms with Crippen LogP contribution in [0.25, 0.3) is 0 Å². The Morgan fingerprint density at radius 1 is 0.500 bits per heavy atom. The minimum Gasteiger partial charge on any atom is -0.508 e. The summed E-state index contributed by atoms with van der Waals surface area (Å²) in [6.45, 7) is 0. The molecule has 0 aliphatic heterocycles. The third-order valence-corrected chi connectivity index (χ3v) is 6.79. The van der Waals surface area contributed by atoms with E-state index < -0.39 is 34.5 Å². The fourth-order valence-electron chi connectivity index (χ4n) is 4.94. The summed E-state index contributed by atoms with van der Waals surface area (Å²) in [5, 5.41) is 80.1. The largest absolute Gasteiger partial charge is 0.508 e. The lowest BCUT2D eigenvalue weighted by Gasteiger charge is -2.29. The first-order valence-electron chi connectivity index (χ1n) is 12.1. The van der Waals surface area contributed by atoms with E-state index in [9.17, 15) is 40.9 Å². The van der Waals surface area contributed by atoms with Gasteiger partial charge < -0.3 is 40.9 Å². The van der Waals surface area contributed by atoms with Gasteiger partial charge in [-0.2, -0.15) is 0 Å². The van der Waals surface area contributed by atoms with Crippen molar-refractivity contribution in [3.63, 3.8) is 0 Å². The van der Waals surface area contributed by atoms with Crippen LogP contribution in [0.2, 0.25) is 0 Å². The summed E-state index contributed by atoms with van der Waals surface area (Å²) in [5.41, 5.74) is 2.80. The molecule has 4 aromatic rings. The lowest BCUT2D eigenvalue weighted by Crippen LogP contribution is -2.19. The van der Waals surface area contributed by atoms with Gasteiger partial charge in [0.25, 0.3) is 0 Å². The van der Waals surface area contributed by atoms with Crippen LogP contribution in [0.4, 0.5) is 0 Å². The maximum atomic E-state index is 10.2. The van der Waals surface area contributed by atoms with Crippen LogP contribution in [0.5, 0.6) is 46.0 Å². The molecule has 4 aromatic carbocycles. The van der Waals surface area contributed by atoms with Crippen molar-refractivity contribution < 1.29 is 40.9 Å². The molecule has 0 aromatic heterocycles. The van der Waals surface area contributed by atoms with Crippen molar-refractivity contribution in [2.24, 2.45) is 5.92 Å². The van der Waals surface area contributed by atoms with Gasteiger partial charge in [0.1, 0.15) is 11.5 Å². The molecule has 0 amide bonds. The molecule has 8 heteroatoms. The molecule has 0 spiro atoms. The first-order chi connectivity index (χ1) is 18.1. The number of phenolic OH excluding ortho intramolecular Hbond substituents is 8. The van der Waals surface area contributed by atoms with Gasteiger partial charge in [0, 0.05) is 0 Å². The normalized spacial score (nSPS) is 12.7. The third-order valence-electron chi connectivity index (χ3n) is 6.79. The molecule has 198 valence electrons. The summed E-state index contributed by atoms with van der Waals surface area (Å²) in [7, 11) is 0. The molecule has 8 nitrogen and oxygen atoms in total. The smallest absolute Gasteiger partial charge is 0.200 e. The highest BCUT2D eigenvalue weighted by molar-refractivity contribution is 5.52. The number of aryl methyl sites for hydroxylation is 1. The second-order valence-corrected chi connectivity index (χ2v) is 9.54. The van der Waals surface area contributed by atoms with E-state index in [0.717, 1.165) is 11.1 Å². The standard InChI is InChI=1S/C30H30O8/c31-22-5-1-3-17(10-22)7-8-21(9-18-12-25(33)29(37)26(34)13-18)24(20-4-2-6-23(32)16-20)11-19-14-27(35)30(38)28(36)15-19/h1-6,10,12-16,21,24,31-38H,7-9,11H2/t21-,24+/m1/s1. The van der Waals surface area contributed by atoms with Gasteiger partial charge in [0.05, 0.1) is 0 Å². The predicted molar refractivity (Wildman–Crippen MR) is 141 cm³/mol. The van der Waals surface area contributed by atoms with E-state index in [2.05, 4.69) is 0 Å². The summed E-state index contributed by atoms with van der Waals surface area (Å²) in [5.74, 6) is -3.30. The van der Waals surface area contributed by atoms with E-state index in [1.165, 1.54) is 24.3 Å². The first kappa shape index (κ1) is 26.3. The molecule has 0 radical (unpaired) electrons. The number of phenols is 8. The van der Waals surface area contributed by atoms with E-state index in [0.29, 0.717) is 36.8 Å². The van der Waals surface area contributed by atoms with E-state index in [1.807, 2.05) is 12.1 Å². The lowest BCUT2D eigenvalue weighted by molar-refractivity contribution is 0.359. The highest BCUT2D eigenvalue weighted by Crippen LogP contribution is 2.42. The molecule has 8 N–H and O–H groups in total. The highest BCUT2D eigenvalue weighted by Gasteiger charge is 2.26. The molecular weight excluding hydrogens is 488 g/mol. The topological polar surface area (TPSA) is 162 Å². The third kappa shape index (κ3) is 6.15. The zero-order valence-electron chi connectivity index (χ0n) is 20.5. The second-order valence-electron chi connectivity index (χ2n) is 9.54. The lowest BCUT2D eigenvalue weighted by atomic mass is 9.75. The Bertz CT molecular complexity index is 1390. The zero-order valence-corrected chi connectivity index (χ0v) is 20.5. The summed E-state index contributed by atoms with van der Waals surface area (Å²) >= 11 is 0. The van der Waals surface area contributed by atoms with Crippen LogP contribution in [0.3, 0.4) is 0 Å². The summed E-state index contributed by atoms with van der Waals surface area (Å²) < 4.78 is 0. The molecule has 2 atom stereocenters. The van der Waals surface area contributed by atoms with Gasteiger partial charge in [-0.15, -0.1) is 0 Å². The van der Waals surface area contributed by atoms with Crippen molar-refractivity contribution in [2.45, 2.75) is 31.6 Å². The molecule has 0 heterocycles. The Hall–Kier alpha value is -4.72. The first-order valence-corrected chi connectivity index (χ1v) is 12.1. The number of aromatic hydroxyl groups is 8. The molecule has 0 saturated heterocycles. The molecule has 0 aliphatic rings. The van der Waals surface area contributed by atoms with Crippen LogP contribution < -0.4 is 0 Å². The molecule has 0 saturated carbocycles. The van der Waals surface area contributed by atoms with Crippen LogP contribution in [-0.4, -0.2) is 40.9 Å². The summed E-state index contributed by atoms with van der Waals surface area (Å²) in [6.07, 6.45) is 1.83. The SMILES string of the molecule is Oc1cccc(CC[C@H](Cc2cc(O)c(O)c(O)c2)[C@@H](Cc2cc(O)c(O)c(O)c2)c2cccc(O)c2)c1. The van der Waals surface area contributed by atoms with Crippen molar-refractivity contribution in [3.8, 4) is 46.0 Å². The van der Waals surface area contributed by atoms with Gasteiger partial charge in [-0.1, -0.05) is 24.3 Å². The number of rotatable bonds is 9. The van der Waals surface area contributed by atoms with Gasteiger partial charge in [-0.3, -0.25) is 0 Å². The van der Waals surface area contributed by atoms with Gasteiger partial charge in [0.2, 0.25) is 0 Å². The van der Waals surface area contributed by atoms with Gasteiger partial charge in [0.15, 0.2) is 34.5 Å². The minimum atomic E-state index is -0.613. The van der Waals surface area contributed by atoms with E-state index in [-0.39, 0.29) is 23.3 Å². The fourth-order valence-corrected chi connectivity index (χ4v) is 4.94. The van der Waals surface area contributed by atoms with Crippen molar-refractivity contribution in [2.75, 3.05) is 0 Å². The number of hydrogen-bond acceptors (Lipinski definition) is 8. The Morgan fingerprint density at radius 3 is 1.53 bits per heavy atom. The van der Waals surface area contributed by atoms with E-state index in [4.69, 9.17) is 0 Å². The molecular formula is C30H30O8. The quantitative estimate of drug-likeness (QED) is 0.141. The van der Waals surface area contributed by atoms with Crippen molar-refractivity contribution in [1.29, 1.82) is 0 Å². The monoisotopic (exact) mass is 518 g/mol. The Balaban J connectivity index is 1.76. The van der Waals surface area contributed by atoms with Gasteiger partial charge >= 0.3 is 0 Å². The Kier molecular flexibility index (Phi) is 7.71. The molecule has 0 aliphatic carbocycles. The van der Waals surface area contributed by atoms with Crippen molar-refractivity contribution in [3.05, 3.63) is 95.1 Å². The maximum absolute atomic E-state index is 10.2. The Morgan fingerprint density at radius 2 is 1.00 bits per heavy atom. The average molecular weight is 519 g/mol. The molecule has 0 fully saturated rings. The van der Waals surface area contributed by atoms with Crippen LogP contribution in [0, 0.1) is 5.92 Å². The number of benzene rings is 4. The minimum absolute atomic E-state index is 0.0653. The Labute approximate surface area is 219 Å². The van der Waals surface area contributed by atoms with Gasteiger partial charge in [-0.05, 0) is 108 Å². The van der Waals surface area contributed by atoms with Crippen LogP contribution >= 0.6 is 0 Å². The van der Waals surface area contributed by atoms with Gasteiger partial charge in [-0.25, -0.2) is 0 Å². The van der Waals surface area contributed by atoms with Crippen molar-refractivity contribution in [1.82, 2.24) is 0 Å². The summed E-state index contributed by atoms with van der Waals surface area (Å²) in [4.78, 5) is 0.